The van der Waals surface area contributed by atoms with Crippen LogP contribution in [-0.2, 0) is 32.2 Å². The van der Waals surface area contributed by atoms with E-state index < -0.39 is 6.29 Å². The van der Waals surface area contributed by atoms with Crippen molar-refractivity contribution in [1.82, 2.24) is 25.2 Å². The van der Waals surface area contributed by atoms with E-state index in [0.717, 1.165) is 96.2 Å². The lowest BCUT2D eigenvalue weighted by molar-refractivity contribution is -0.253. The maximum absolute atomic E-state index is 12.9. The van der Waals surface area contributed by atoms with E-state index in [4.69, 9.17) is 14.7 Å². The van der Waals surface area contributed by atoms with E-state index in [1.165, 1.54) is 0 Å². The van der Waals surface area contributed by atoms with Crippen LogP contribution < -0.4 is 16.5 Å². The molecule has 5 N–H and O–H groups in total. The minimum atomic E-state index is -0.566. The number of H-pyrrole nitrogens is 1. The van der Waals surface area contributed by atoms with Crippen molar-refractivity contribution in [1.29, 1.82) is 0 Å². The van der Waals surface area contributed by atoms with Gasteiger partial charge in [0.05, 0.1) is 29.8 Å². The van der Waals surface area contributed by atoms with E-state index in [1.54, 1.807) is 5.48 Å². The number of likely N-dealkylation sites (tertiary alicyclic amines) is 1. The Morgan fingerprint density at radius 1 is 0.772 bits per heavy atom. The Kier molecular flexibility index (Phi) is 13.6. The predicted molar refractivity (Wildman–Crippen MR) is 217 cm³/mol. The smallest absolute Gasteiger partial charge is 0.326 e. The summed E-state index contributed by atoms with van der Waals surface area (Å²) in [5.41, 5.74) is 9.35. The number of para-hydroxylation sites is 2. The number of carbonyl (C=O) groups is 2. The summed E-state index contributed by atoms with van der Waals surface area (Å²) >= 11 is 0. The number of nitrogens with one attached hydrogen (secondary N) is 3. The highest BCUT2D eigenvalue weighted by molar-refractivity contribution is 5.76. The zero-order chi connectivity index (χ0) is 39.6. The number of amides is 2. The molecule has 0 saturated carbocycles. The summed E-state index contributed by atoms with van der Waals surface area (Å²) in [7, 11) is 0. The van der Waals surface area contributed by atoms with Crippen molar-refractivity contribution in [2.45, 2.75) is 95.5 Å². The SMILES string of the molecule is O=C(CCCCCCC(=O)NCc1cccc(-c2ccc(C3OC(CN4CCC(n5c(=O)[nH]c6ccccc65)CC4)CC(c4ccc(CO)cc4)O3)cc2)c1)NO. The number of imidazole rings is 1. The molecule has 3 unspecified atom stereocenters. The van der Waals surface area contributed by atoms with Crippen LogP contribution in [0.2, 0.25) is 0 Å². The third-order valence-electron chi connectivity index (χ3n) is 11.2. The van der Waals surface area contributed by atoms with Gasteiger partial charge in [0.25, 0.3) is 0 Å². The normalized spacial score (nSPS) is 19.1. The Hall–Kier alpha value is -5.11. The average Bonchev–Trinajstić information content (AvgIpc) is 3.59. The molecule has 12 nitrogen and oxygen atoms in total. The number of hydroxylamine groups is 1. The molecule has 3 heterocycles. The highest BCUT2D eigenvalue weighted by atomic mass is 16.7. The lowest BCUT2D eigenvalue weighted by Crippen LogP contribution is -2.43. The van der Waals surface area contributed by atoms with Crippen LogP contribution in [0.15, 0.2) is 102 Å². The van der Waals surface area contributed by atoms with E-state index in [1.807, 2.05) is 65.2 Å². The van der Waals surface area contributed by atoms with Crippen LogP contribution in [0.3, 0.4) is 0 Å². The van der Waals surface area contributed by atoms with Crippen LogP contribution in [0.5, 0.6) is 0 Å². The summed E-state index contributed by atoms with van der Waals surface area (Å²) in [6.45, 7) is 2.91. The molecule has 2 amide bonds. The maximum Gasteiger partial charge on any atom is 0.326 e. The van der Waals surface area contributed by atoms with Crippen LogP contribution in [-0.4, -0.2) is 62.3 Å². The largest absolute Gasteiger partial charge is 0.392 e. The Morgan fingerprint density at radius 3 is 2.23 bits per heavy atom. The number of ether oxygens (including phenoxy) is 2. The molecular weight excluding hydrogens is 723 g/mol. The molecule has 0 spiro atoms. The van der Waals surface area contributed by atoms with E-state index in [2.05, 4.69) is 51.6 Å². The number of rotatable bonds is 16. The van der Waals surface area contributed by atoms with Gasteiger partial charge in [-0.05, 0) is 71.7 Å². The van der Waals surface area contributed by atoms with Crippen molar-refractivity contribution in [2.24, 2.45) is 0 Å². The predicted octanol–water partition coefficient (Wildman–Crippen LogP) is 6.83. The molecule has 7 rings (SSSR count). The third kappa shape index (κ3) is 10.4. The number of hydrogen-bond acceptors (Lipinski definition) is 8. The number of carbonyl (C=O) groups excluding carboxylic acids is 2. The highest BCUT2D eigenvalue weighted by Gasteiger charge is 2.34. The number of benzene rings is 4. The molecule has 300 valence electrons. The molecule has 2 aliphatic rings. The molecule has 3 atom stereocenters. The van der Waals surface area contributed by atoms with Gasteiger partial charge in [-0.25, -0.2) is 10.3 Å². The van der Waals surface area contributed by atoms with Crippen molar-refractivity contribution in [2.75, 3.05) is 19.6 Å². The van der Waals surface area contributed by atoms with Crippen LogP contribution in [0.25, 0.3) is 22.2 Å². The summed E-state index contributed by atoms with van der Waals surface area (Å²) < 4.78 is 15.3. The van der Waals surface area contributed by atoms with Crippen molar-refractivity contribution in [3.8, 4) is 11.1 Å². The van der Waals surface area contributed by atoms with Crippen LogP contribution in [0.4, 0.5) is 0 Å². The Labute approximate surface area is 332 Å². The second kappa shape index (κ2) is 19.4. The molecule has 0 bridgehead atoms. The molecule has 2 saturated heterocycles. The minimum absolute atomic E-state index is 0.00181. The van der Waals surface area contributed by atoms with Crippen LogP contribution >= 0.6 is 0 Å². The van der Waals surface area contributed by atoms with Crippen LogP contribution in [0, 0.1) is 0 Å². The fourth-order valence-corrected chi connectivity index (χ4v) is 8.08. The molecule has 2 fully saturated rings. The van der Waals surface area contributed by atoms with E-state index >= 15 is 0 Å². The van der Waals surface area contributed by atoms with Gasteiger partial charge in [-0.15, -0.1) is 0 Å². The Bertz CT molecular complexity index is 2140. The second-order valence-corrected chi connectivity index (χ2v) is 15.2. The summed E-state index contributed by atoms with van der Waals surface area (Å²) in [6.07, 6.45) is 5.46. The van der Waals surface area contributed by atoms with Gasteiger partial charge in [0, 0.05) is 57.0 Å². The quantitative estimate of drug-likeness (QED) is 0.0415. The summed E-state index contributed by atoms with van der Waals surface area (Å²) in [5.74, 6) is -0.386. The van der Waals surface area contributed by atoms with E-state index in [-0.39, 0.29) is 48.8 Å². The number of fused-ring (bicyclic) bond motifs is 1. The Balaban J connectivity index is 0.963. The van der Waals surface area contributed by atoms with Gasteiger partial charge in [0.2, 0.25) is 11.8 Å². The highest BCUT2D eigenvalue weighted by Crippen LogP contribution is 2.39. The standard InChI is InChI=1S/C45H53N5O7/c51-30-31-14-16-34(17-15-31)41-27-38(29-49-24-22-37(23-25-49)50-40-11-6-5-10-39(40)47-45(50)54)56-44(57-41)35-20-18-33(19-21-35)36-9-7-8-32(26-36)28-46-42(52)12-3-1-2-4-13-43(53)48-55/h5-11,14-21,26,37-38,41,44,51,55H,1-4,12-13,22-25,27-30H2,(H,46,52)(H,47,54)(H,48,53). The number of hydrogen-bond donors (Lipinski definition) is 5. The first-order valence-electron chi connectivity index (χ1n) is 20.2. The summed E-state index contributed by atoms with van der Waals surface area (Å²) in [6, 6.07) is 32.4. The molecule has 57 heavy (non-hydrogen) atoms. The molecular formula is C45H53N5O7. The van der Waals surface area contributed by atoms with Gasteiger partial charge < -0.3 is 29.8 Å². The van der Waals surface area contributed by atoms with Gasteiger partial charge >= 0.3 is 5.69 Å². The number of aliphatic hydroxyl groups is 1. The molecule has 0 radical (unpaired) electrons. The first-order valence-corrected chi connectivity index (χ1v) is 20.2. The van der Waals surface area contributed by atoms with Crippen molar-refractivity contribution in [3.63, 3.8) is 0 Å². The monoisotopic (exact) mass is 775 g/mol. The van der Waals surface area contributed by atoms with E-state index in [9.17, 15) is 19.5 Å². The maximum atomic E-state index is 12.9. The summed E-state index contributed by atoms with van der Waals surface area (Å²) in [5, 5.41) is 21.2. The number of piperidine rings is 1. The second-order valence-electron chi connectivity index (χ2n) is 15.2. The molecule has 1 aromatic heterocycles. The van der Waals surface area contributed by atoms with Gasteiger partial charge in [-0.2, -0.15) is 0 Å². The fraction of sp³-hybridized carbons (Fsp3) is 0.400. The lowest BCUT2D eigenvalue weighted by Gasteiger charge is -2.40. The molecule has 2 aliphatic heterocycles. The topological polar surface area (TPSA) is 158 Å². The Morgan fingerprint density at radius 2 is 1.49 bits per heavy atom. The number of aliphatic hydroxyl groups excluding tert-OH is 1. The number of aromatic amines is 1. The van der Waals surface area contributed by atoms with Gasteiger partial charge in [-0.3, -0.25) is 19.4 Å². The molecule has 4 aromatic carbocycles. The number of nitrogens with zero attached hydrogens (tertiary/aromatic N) is 2. The molecule has 0 aliphatic carbocycles. The van der Waals surface area contributed by atoms with Crippen molar-refractivity contribution in [3.05, 3.63) is 130 Å². The van der Waals surface area contributed by atoms with Crippen molar-refractivity contribution >= 4 is 22.8 Å². The van der Waals surface area contributed by atoms with Crippen molar-refractivity contribution < 1.29 is 29.4 Å². The van der Waals surface area contributed by atoms with E-state index in [0.29, 0.717) is 25.8 Å². The zero-order valence-corrected chi connectivity index (χ0v) is 32.3. The molecule has 12 heteroatoms. The third-order valence-corrected chi connectivity index (χ3v) is 11.2. The first-order chi connectivity index (χ1) is 27.9. The molecule has 5 aromatic rings. The van der Waals surface area contributed by atoms with Crippen LogP contribution in [0.1, 0.15) is 98.5 Å². The fourth-order valence-electron chi connectivity index (χ4n) is 8.08. The van der Waals surface area contributed by atoms with Gasteiger partial charge in [0.1, 0.15) is 0 Å². The van der Waals surface area contributed by atoms with Gasteiger partial charge in [-0.1, -0.05) is 91.7 Å². The minimum Gasteiger partial charge on any atom is -0.392 e. The van der Waals surface area contributed by atoms with Gasteiger partial charge in [0.15, 0.2) is 6.29 Å². The average molecular weight is 776 g/mol. The summed E-state index contributed by atoms with van der Waals surface area (Å²) in [4.78, 5) is 41.9. The number of unbranched alkanes of at least 4 members (excludes halogenated alkanes) is 3. The lowest BCUT2D eigenvalue weighted by atomic mass is 9.98. The number of aromatic nitrogens is 2. The zero-order valence-electron chi connectivity index (χ0n) is 32.3. The first kappa shape index (κ1) is 40.1.